The highest BCUT2D eigenvalue weighted by Crippen LogP contribution is 2.18. The van der Waals surface area contributed by atoms with Crippen LogP contribution in [-0.4, -0.2) is 24.4 Å². The van der Waals surface area contributed by atoms with Crippen LogP contribution in [0.1, 0.15) is 30.6 Å². The molecule has 0 saturated heterocycles. The molecular weight excluding hydrogens is 244 g/mol. The first-order valence-corrected chi connectivity index (χ1v) is 6.12. The van der Waals surface area contributed by atoms with Crippen molar-refractivity contribution >= 4 is 23.2 Å². The average molecular weight is 264 g/mol. The van der Waals surface area contributed by atoms with Crippen molar-refractivity contribution in [3.63, 3.8) is 0 Å². The molecule has 0 aromatic heterocycles. The second-order valence-electron chi connectivity index (χ2n) is 4.57. The smallest absolute Gasteiger partial charge is 0.250 e. The Hall–Kier alpha value is -2.24. The van der Waals surface area contributed by atoms with E-state index < -0.39 is 5.91 Å². The van der Waals surface area contributed by atoms with E-state index in [1.165, 1.54) is 0 Å². The van der Waals surface area contributed by atoms with Gasteiger partial charge in [0.25, 0.3) is 5.91 Å². The number of nitrogens with two attached hydrogens (primary N) is 2. The van der Waals surface area contributed by atoms with E-state index in [0.717, 1.165) is 0 Å². The summed E-state index contributed by atoms with van der Waals surface area (Å²) >= 11 is 0. The van der Waals surface area contributed by atoms with Crippen LogP contribution < -0.4 is 22.1 Å². The highest BCUT2D eigenvalue weighted by atomic mass is 16.2. The van der Waals surface area contributed by atoms with Gasteiger partial charge in [0.15, 0.2) is 0 Å². The molecule has 6 N–H and O–H groups in total. The second-order valence-corrected chi connectivity index (χ2v) is 4.57. The Morgan fingerprint density at radius 1 is 1.32 bits per heavy atom. The van der Waals surface area contributed by atoms with Gasteiger partial charge in [0.1, 0.15) is 0 Å². The van der Waals surface area contributed by atoms with Crippen LogP contribution in [0.25, 0.3) is 0 Å². The van der Waals surface area contributed by atoms with Crippen molar-refractivity contribution in [2.24, 2.45) is 5.73 Å². The predicted molar refractivity (Wildman–Crippen MR) is 75.8 cm³/mol. The fourth-order valence-electron chi connectivity index (χ4n) is 1.63. The van der Waals surface area contributed by atoms with Crippen LogP contribution in [0.15, 0.2) is 18.2 Å². The molecule has 0 unspecified atom stereocenters. The van der Waals surface area contributed by atoms with Crippen molar-refractivity contribution in [1.29, 1.82) is 0 Å². The van der Waals surface area contributed by atoms with Crippen LogP contribution in [-0.2, 0) is 4.79 Å². The van der Waals surface area contributed by atoms with Crippen LogP contribution in [0.5, 0.6) is 0 Å². The number of rotatable bonds is 6. The monoisotopic (exact) mass is 264 g/mol. The summed E-state index contributed by atoms with van der Waals surface area (Å²) in [6.07, 6.45) is 0.311. The Morgan fingerprint density at radius 2 is 2.00 bits per heavy atom. The molecule has 6 heteroatoms. The summed E-state index contributed by atoms with van der Waals surface area (Å²) in [4.78, 5) is 22.7. The maximum Gasteiger partial charge on any atom is 0.250 e. The molecule has 0 atom stereocenters. The van der Waals surface area contributed by atoms with E-state index in [2.05, 4.69) is 10.6 Å². The summed E-state index contributed by atoms with van der Waals surface area (Å²) in [6.45, 7) is 4.20. The Morgan fingerprint density at radius 3 is 2.58 bits per heavy atom. The zero-order valence-electron chi connectivity index (χ0n) is 11.2. The van der Waals surface area contributed by atoms with Gasteiger partial charge < -0.3 is 22.1 Å². The van der Waals surface area contributed by atoms with E-state index in [-0.39, 0.29) is 11.9 Å². The minimum atomic E-state index is -0.533. The molecule has 0 saturated carbocycles. The van der Waals surface area contributed by atoms with Gasteiger partial charge >= 0.3 is 0 Å². The van der Waals surface area contributed by atoms with Crippen LogP contribution >= 0.6 is 0 Å². The number of carbonyl (C=O) groups excluding carboxylic acids is 2. The third-order valence-corrected chi connectivity index (χ3v) is 2.43. The summed E-state index contributed by atoms with van der Waals surface area (Å²) in [6, 6.07) is 4.91. The molecule has 1 rings (SSSR count). The lowest BCUT2D eigenvalue weighted by molar-refractivity contribution is -0.121. The number of hydrogen-bond donors (Lipinski definition) is 4. The molecule has 2 amide bonds. The lowest BCUT2D eigenvalue weighted by Gasteiger charge is -2.12. The summed E-state index contributed by atoms with van der Waals surface area (Å²) < 4.78 is 0. The maximum atomic E-state index is 11.5. The number of carbonyl (C=O) groups is 2. The molecule has 0 spiro atoms. The second kappa shape index (κ2) is 6.63. The standard InChI is InChI=1S/C13H20N4O2/c1-8(2)17-12(18)5-6-16-11-7-9(14)3-4-10(11)13(15)19/h3-4,7-8,16H,5-6,14H2,1-2H3,(H2,15,19)(H,17,18). The number of hydrogen-bond acceptors (Lipinski definition) is 4. The Bertz CT molecular complexity index is 472. The number of nitrogens with one attached hydrogen (secondary N) is 2. The average Bonchev–Trinajstić information content (AvgIpc) is 2.27. The first-order chi connectivity index (χ1) is 8.90. The van der Waals surface area contributed by atoms with Gasteiger partial charge in [-0.15, -0.1) is 0 Å². The Kier molecular flexibility index (Phi) is 5.17. The van der Waals surface area contributed by atoms with E-state index >= 15 is 0 Å². The Balaban J connectivity index is 2.60. The molecule has 6 nitrogen and oxygen atoms in total. The quantitative estimate of drug-likeness (QED) is 0.567. The van der Waals surface area contributed by atoms with E-state index in [9.17, 15) is 9.59 Å². The summed E-state index contributed by atoms with van der Waals surface area (Å²) in [5.41, 5.74) is 12.3. The number of anilines is 2. The van der Waals surface area contributed by atoms with Gasteiger partial charge in [0.2, 0.25) is 5.91 Å². The van der Waals surface area contributed by atoms with E-state index in [4.69, 9.17) is 11.5 Å². The number of benzene rings is 1. The van der Waals surface area contributed by atoms with Crippen molar-refractivity contribution in [3.05, 3.63) is 23.8 Å². The third-order valence-electron chi connectivity index (χ3n) is 2.43. The first-order valence-electron chi connectivity index (χ1n) is 6.12. The predicted octanol–water partition coefficient (Wildman–Crippen LogP) is 0.694. The van der Waals surface area contributed by atoms with Gasteiger partial charge in [-0.2, -0.15) is 0 Å². The van der Waals surface area contributed by atoms with Crippen LogP contribution in [0.3, 0.4) is 0 Å². The molecule has 1 aromatic carbocycles. The minimum absolute atomic E-state index is 0.0490. The van der Waals surface area contributed by atoms with Gasteiger partial charge in [0.05, 0.1) is 5.56 Å². The topological polar surface area (TPSA) is 110 Å². The molecule has 0 aliphatic heterocycles. The molecule has 0 fully saturated rings. The number of primary amides is 1. The molecule has 19 heavy (non-hydrogen) atoms. The van der Waals surface area contributed by atoms with Crippen molar-refractivity contribution in [2.75, 3.05) is 17.6 Å². The SMILES string of the molecule is CC(C)NC(=O)CCNc1cc(N)ccc1C(N)=O. The lowest BCUT2D eigenvalue weighted by atomic mass is 10.1. The Labute approximate surface area is 112 Å². The molecule has 0 aliphatic carbocycles. The summed E-state index contributed by atoms with van der Waals surface area (Å²) in [5, 5.41) is 5.78. The molecule has 0 bridgehead atoms. The highest BCUT2D eigenvalue weighted by molar-refractivity contribution is 5.99. The zero-order valence-corrected chi connectivity index (χ0v) is 11.2. The van der Waals surface area contributed by atoms with Crippen molar-refractivity contribution in [2.45, 2.75) is 26.3 Å². The van der Waals surface area contributed by atoms with Crippen LogP contribution in [0.4, 0.5) is 11.4 Å². The number of amides is 2. The molecule has 0 aliphatic rings. The first kappa shape index (κ1) is 14.8. The van der Waals surface area contributed by atoms with Gasteiger partial charge in [-0.1, -0.05) is 0 Å². The third kappa shape index (κ3) is 4.87. The molecule has 0 heterocycles. The largest absolute Gasteiger partial charge is 0.399 e. The molecule has 104 valence electrons. The fourth-order valence-corrected chi connectivity index (χ4v) is 1.63. The zero-order chi connectivity index (χ0) is 14.4. The van der Waals surface area contributed by atoms with Crippen LogP contribution in [0, 0.1) is 0 Å². The normalized spacial score (nSPS) is 10.3. The summed E-state index contributed by atoms with van der Waals surface area (Å²) in [7, 11) is 0. The molecular formula is C13H20N4O2. The summed E-state index contributed by atoms with van der Waals surface area (Å²) in [5.74, 6) is -0.582. The maximum absolute atomic E-state index is 11.5. The van der Waals surface area contributed by atoms with Gasteiger partial charge in [0, 0.05) is 30.4 Å². The van der Waals surface area contributed by atoms with Crippen molar-refractivity contribution in [1.82, 2.24) is 5.32 Å². The van der Waals surface area contributed by atoms with Crippen LogP contribution in [0.2, 0.25) is 0 Å². The van der Waals surface area contributed by atoms with Crippen molar-refractivity contribution < 1.29 is 9.59 Å². The minimum Gasteiger partial charge on any atom is -0.399 e. The molecule has 1 aromatic rings. The molecule has 0 radical (unpaired) electrons. The fraction of sp³-hybridized carbons (Fsp3) is 0.385. The van der Waals surface area contributed by atoms with E-state index in [0.29, 0.717) is 29.9 Å². The van der Waals surface area contributed by atoms with Crippen molar-refractivity contribution in [3.8, 4) is 0 Å². The highest BCUT2D eigenvalue weighted by Gasteiger charge is 2.09. The van der Waals surface area contributed by atoms with Gasteiger partial charge in [-0.05, 0) is 32.0 Å². The van der Waals surface area contributed by atoms with Gasteiger partial charge in [-0.25, -0.2) is 0 Å². The lowest BCUT2D eigenvalue weighted by Crippen LogP contribution is -2.31. The number of nitrogen functional groups attached to an aromatic ring is 1. The van der Waals surface area contributed by atoms with Gasteiger partial charge in [-0.3, -0.25) is 9.59 Å². The van der Waals surface area contributed by atoms with E-state index in [1.807, 2.05) is 13.8 Å². The van der Waals surface area contributed by atoms with E-state index in [1.54, 1.807) is 18.2 Å².